The standard InChI is InChI=1S/C25H18N2O3S2/c1-16-21(24(29)30-18-11-6-3-7-12-18)22(17-9-4-2-5-10-17)27-23(28)20(32-25(27)26-16)15-19-13-8-14-31-19/h2-15,22H,1H3/b20-15+. The molecule has 0 N–H and O–H groups in total. The Morgan fingerprint density at radius 3 is 2.44 bits per heavy atom. The molecule has 4 aromatic rings. The number of allylic oxidation sites excluding steroid dienone is 1. The molecule has 1 aliphatic rings. The molecule has 0 aliphatic carbocycles. The number of thiophene rings is 1. The van der Waals surface area contributed by atoms with Crippen molar-refractivity contribution < 1.29 is 9.53 Å². The predicted molar refractivity (Wildman–Crippen MR) is 127 cm³/mol. The van der Waals surface area contributed by atoms with Gasteiger partial charge in [-0.1, -0.05) is 65.9 Å². The molecule has 5 rings (SSSR count). The molecule has 1 unspecified atom stereocenters. The van der Waals surface area contributed by atoms with E-state index in [1.165, 1.54) is 11.3 Å². The van der Waals surface area contributed by atoms with E-state index in [2.05, 4.69) is 4.99 Å². The van der Waals surface area contributed by atoms with Crippen LogP contribution >= 0.6 is 22.7 Å². The van der Waals surface area contributed by atoms with Gasteiger partial charge in [0.2, 0.25) is 0 Å². The van der Waals surface area contributed by atoms with E-state index in [1.54, 1.807) is 47.1 Å². The lowest BCUT2D eigenvalue weighted by Gasteiger charge is -2.24. The van der Waals surface area contributed by atoms with Gasteiger partial charge < -0.3 is 4.74 Å². The summed E-state index contributed by atoms with van der Waals surface area (Å²) in [6, 6.07) is 21.7. The Balaban J connectivity index is 1.68. The lowest BCUT2D eigenvalue weighted by molar-refractivity contribution is -0.130. The highest BCUT2D eigenvalue weighted by molar-refractivity contribution is 7.11. The molecule has 32 heavy (non-hydrogen) atoms. The van der Waals surface area contributed by atoms with Crippen molar-refractivity contribution in [2.24, 2.45) is 4.99 Å². The monoisotopic (exact) mass is 458 g/mol. The van der Waals surface area contributed by atoms with Gasteiger partial charge >= 0.3 is 5.97 Å². The zero-order valence-corrected chi connectivity index (χ0v) is 18.7. The highest BCUT2D eigenvalue weighted by Gasteiger charge is 2.33. The Morgan fingerprint density at radius 2 is 1.75 bits per heavy atom. The summed E-state index contributed by atoms with van der Waals surface area (Å²) in [6.07, 6.45) is 1.87. The normalized spacial score (nSPS) is 15.9. The number of carbonyl (C=O) groups excluding carboxylic acids is 1. The van der Waals surface area contributed by atoms with Crippen molar-refractivity contribution in [3.8, 4) is 5.75 Å². The number of thiazole rings is 1. The highest BCUT2D eigenvalue weighted by atomic mass is 32.1. The van der Waals surface area contributed by atoms with E-state index in [-0.39, 0.29) is 5.56 Å². The van der Waals surface area contributed by atoms with Gasteiger partial charge in [-0.05, 0) is 42.1 Å². The maximum atomic E-state index is 13.5. The first kappa shape index (κ1) is 20.4. The zero-order chi connectivity index (χ0) is 22.1. The smallest absolute Gasteiger partial charge is 0.343 e. The van der Waals surface area contributed by atoms with Gasteiger partial charge in [-0.3, -0.25) is 9.36 Å². The number of para-hydroxylation sites is 1. The van der Waals surface area contributed by atoms with Crippen LogP contribution in [-0.2, 0) is 4.79 Å². The molecular formula is C25H18N2O3S2. The van der Waals surface area contributed by atoms with Gasteiger partial charge in [0.1, 0.15) is 5.75 Å². The summed E-state index contributed by atoms with van der Waals surface area (Å²) in [5, 5.41) is 1.97. The summed E-state index contributed by atoms with van der Waals surface area (Å²) >= 11 is 2.89. The van der Waals surface area contributed by atoms with Crippen LogP contribution in [0.25, 0.3) is 6.08 Å². The summed E-state index contributed by atoms with van der Waals surface area (Å²) in [7, 11) is 0. The number of aromatic nitrogens is 1. The number of hydrogen-bond donors (Lipinski definition) is 0. The van der Waals surface area contributed by atoms with E-state index < -0.39 is 12.0 Å². The molecule has 0 saturated carbocycles. The summed E-state index contributed by atoms with van der Waals surface area (Å²) < 4.78 is 7.83. The van der Waals surface area contributed by atoms with E-state index in [4.69, 9.17) is 4.74 Å². The molecule has 7 heteroatoms. The lowest BCUT2D eigenvalue weighted by atomic mass is 9.96. The molecule has 0 spiro atoms. The molecule has 2 aromatic carbocycles. The third-order valence-corrected chi connectivity index (χ3v) is 6.93. The Kier molecular flexibility index (Phi) is 5.43. The van der Waals surface area contributed by atoms with Gasteiger partial charge in [0.05, 0.1) is 21.8 Å². The Hall–Kier alpha value is -3.55. The number of nitrogens with zero attached hydrogens (tertiary/aromatic N) is 2. The van der Waals surface area contributed by atoms with Crippen LogP contribution in [0.15, 0.2) is 99.2 Å². The molecule has 0 amide bonds. The van der Waals surface area contributed by atoms with Gasteiger partial charge in [-0.25, -0.2) is 9.79 Å². The summed E-state index contributed by atoms with van der Waals surface area (Å²) in [5.41, 5.74) is 1.55. The minimum atomic E-state index is -0.617. The lowest BCUT2D eigenvalue weighted by Crippen LogP contribution is -2.40. The topological polar surface area (TPSA) is 60.7 Å². The van der Waals surface area contributed by atoms with Gasteiger partial charge in [0.15, 0.2) is 4.80 Å². The second kappa shape index (κ2) is 8.53. The maximum Gasteiger partial charge on any atom is 0.343 e. The third-order valence-electron chi connectivity index (χ3n) is 5.13. The van der Waals surface area contributed by atoms with Gasteiger partial charge in [-0.2, -0.15) is 0 Å². The molecule has 3 heterocycles. The van der Waals surface area contributed by atoms with Crippen LogP contribution in [0.4, 0.5) is 0 Å². The average molecular weight is 459 g/mol. The third kappa shape index (κ3) is 3.77. The van der Waals surface area contributed by atoms with Crippen LogP contribution < -0.4 is 19.6 Å². The van der Waals surface area contributed by atoms with Crippen LogP contribution in [0, 0.1) is 0 Å². The number of carbonyl (C=O) groups is 1. The quantitative estimate of drug-likeness (QED) is 0.344. The Morgan fingerprint density at radius 1 is 1.03 bits per heavy atom. The minimum absolute atomic E-state index is 0.173. The SMILES string of the molecule is CC1=C(C(=O)Oc2ccccc2)C(c2ccccc2)n2c(s/c(=C/c3cccs3)c2=O)=N1. The fraction of sp³-hybridized carbons (Fsp3) is 0.0800. The number of esters is 1. The first-order chi connectivity index (χ1) is 15.6. The molecule has 0 bridgehead atoms. The molecule has 1 atom stereocenters. The zero-order valence-electron chi connectivity index (χ0n) is 17.1. The van der Waals surface area contributed by atoms with Gasteiger partial charge in [0, 0.05) is 4.88 Å². The molecule has 0 radical (unpaired) electrons. The molecule has 0 saturated heterocycles. The number of fused-ring (bicyclic) bond motifs is 1. The Labute approximate surface area is 191 Å². The van der Waals surface area contributed by atoms with Crippen molar-refractivity contribution in [2.45, 2.75) is 13.0 Å². The highest BCUT2D eigenvalue weighted by Crippen LogP contribution is 2.31. The summed E-state index contributed by atoms with van der Waals surface area (Å²) in [6.45, 7) is 1.79. The summed E-state index contributed by atoms with van der Waals surface area (Å²) in [4.78, 5) is 32.9. The fourth-order valence-corrected chi connectivity index (χ4v) is 5.46. The average Bonchev–Trinajstić information content (AvgIpc) is 3.42. The van der Waals surface area contributed by atoms with Gasteiger partial charge in [-0.15, -0.1) is 11.3 Å². The predicted octanol–water partition coefficient (Wildman–Crippen LogP) is 3.90. The molecular weight excluding hydrogens is 440 g/mol. The van der Waals surface area contributed by atoms with Crippen LogP contribution in [0.2, 0.25) is 0 Å². The van der Waals surface area contributed by atoms with Crippen molar-refractivity contribution in [3.63, 3.8) is 0 Å². The largest absolute Gasteiger partial charge is 0.423 e. The van der Waals surface area contributed by atoms with Crippen LogP contribution in [0.1, 0.15) is 23.4 Å². The van der Waals surface area contributed by atoms with E-state index >= 15 is 0 Å². The molecule has 5 nitrogen and oxygen atoms in total. The van der Waals surface area contributed by atoms with E-state index in [0.717, 1.165) is 10.4 Å². The maximum absolute atomic E-state index is 13.5. The first-order valence-corrected chi connectivity index (χ1v) is 11.7. The van der Waals surface area contributed by atoms with Crippen LogP contribution in [0.3, 0.4) is 0 Å². The van der Waals surface area contributed by atoms with E-state index in [1.807, 2.05) is 60.0 Å². The number of ether oxygens (including phenoxy) is 1. The minimum Gasteiger partial charge on any atom is -0.423 e. The van der Waals surface area contributed by atoms with Crippen molar-refractivity contribution in [1.29, 1.82) is 0 Å². The van der Waals surface area contributed by atoms with Crippen molar-refractivity contribution in [2.75, 3.05) is 0 Å². The molecule has 2 aromatic heterocycles. The van der Waals surface area contributed by atoms with Crippen molar-refractivity contribution in [1.82, 2.24) is 4.57 Å². The molecule has 0 fully saturated rings. The fourth-order valence-electron chi connectivity index (χ4n) is 3.69. The van der Waals surface area contributed by atoms with Crippen LogP contribution in [-0.4, -0.2) is 10.5 Å². The van der Waals surface area contributed by atoms with Gasteiger partial charge in [0.25, 0.3) is 5.56 Å². The molecule has 158 valence electrons. The summed E-state index contributed by atoms with van der Waals surface area (Å²) in [5.74, 6) is -0.0707. The van der Waals surface area contributed by atoms with E-state index in [0.29, 0.717) is 26.4 Å². The number of hydrogen-bond acceptors (Lipinski definition) is 6. The van der Waals surface area contributed by atoms with Crippen LogP contribution in [0.5, 0.6) is 5.75 Å². The van der Waals surface area contributed by atoms with Crippen molar-refractivity contribution >= 4 is 34.7 Å². The van der Waals surface area contributed by atoms with Crippen molar-refractivity contribution in [3.05, 3.63) is 120 Å². The molecule has 1 aliphatic heterocycles. The Bertz CT molecular complexity index is 1480. The number of benzene rings is 2. The second-order valence-corrected chi connectivity index (χ2v) is 9.20. The second-order valence-electron chi connectivity index (χ2n) is 7.21. The number of rotatable bonds is 4. The van der Waals surface area contributed by atoms with E-state index in [9.17, 15) is 9.59 Å². The first-order valence-electron chi connectivity index (χ1n) is 10.00.